The van der Waals surface area contributed by atoms with Crippen LogP contribution >= 0.6 is 0 Å². The van der Waals surface area contributed by atoms with Crippen LogP contribution in [0.15, 0.2) is 55.1 Å². The zero-order valence-corrected chi connectivity index (χ0v) is 12.4. The Kier molecular flexibility index (Phi) is 5.38. The number of benzene rings is 1. The molecule has 2 aromatic heterocycles. The molecule has 0 amide bonds. The Morgan fingerprint density at radius 2 is 1.68 bits per heavy atom. The van der Waals surface area contributed by atoms with Crippen molar-refractivity contribution in [2.45, 2.75) is 13.8 Å². The van der Waals surface area contributed by atoms with E-state index in [-0.39, 0.29) is 5.82 Å². The molecule has 0 saturated carbocycles. The summed E-state index contributed by atoms with van der Waals surface area (Å²) in [7, 11) is 0. The van der Waals surface area contributed by atoms with Crippen LogP contribution in [0.25, 0.3) is 5.69 Å². The number of halogens is 1. The van der Waals surface area contributed by atoms with Gasteiger partial charge in [-0.05, 0) is 36.3 Å². The van der Waals surface area contributed by atoms with Crippen molar-refractivity contribution in [1.29, 1.82) is 0 Å². The fourth-order valence-electron chi connectivity index (χ4n) is 1.61. The van der Waals surface area contributed by atoms with E-state index >= 15 is 0 Å². The molecule has 0 bridgehead atoms. The zero-order valence-electron chi connectivity index (χ0n) is 12.4. The summed E-state index contributed by atoms with van der Waals surface area (Å²) >= 11 is 0. The van der Waals surface area contributed by atoms with Gasteiger partial charge in [-0.25, -0.2) is 19.0 Å². The lowest BCUT2D eigenvalue weighted by Crippen LogP contribution is -1.93. The molecule has 0 N–H and O–H groups in total. The summed E-state index contributed by atoms with van der Waals surface area (Å²) in [6, 6.07) is 7.82. The van der Waals surface area contributed by atoms with Gasteiger partial charge in [0, 0.05) is 18.6 Å². The normalized spacial score (nSPS) is 9.23. The molecule has 3 aromatic rings. The van der Waals surface area contributed by atoms with Gasteiger partial charge in [0.1, 0.15) is 5.82 Å². The number of nitrogens with zero attached hydrogens (tertiary/aromatic N) is 4. The third-order valence-electron chi connectivity index (χ3n) is 2.56. The molecular weight excluding hydrogens is 279 g/mol. The van der Waals surface area contributed by atoms with Crippen molar-refractivity contribution < 1.29 is 4.39 Å². The van der Waals surface area contributed by atoms with Crippen LogP contribution in [0.2, 0.25) is 0 Å². The Morgan fingerprint density at radius 1 is 1.00 bits per heavy atom. The van der Waals surface area contributed by atoms with Crippen molar-refractivity contribution in [2.24, 2.45) is 0 Å². The Hall–Kier alpha value is -3.00. The van der Waals surface area contributed by atoms with E-state index in [1.54, 1.807) is 47.7 Å². The molecule has 0 radical (unpaired) electrons. The van der Waals surface area contributed by atoms with Gasteiger partial charge < -0.3 is 0 Å². The maximum atomic E-state index is 12.9. The van der Waals surface area contributed by atoms with Gasteiger partial charge in [0.15, 0.2) is 0 Å². The first-order chi connectivity index (χ1) is 10.8. The van der Waals surface area contributed by atoms with E-state index in [2.05, 4.69) is 26.9 Å². The molecule has 5 heteroatoms. The summed E-state index contributed by atoms with van der Waals surface area (Å²) in [5, 5.41) is 4.18. The largest absolute Gasteiger partial charge is 0.240 e. The van der Waals surface area contributed by atoms with E-state index in [9.17, 15) is 4.39 Å². The lowest BCUT2D eigenvalue weighted by atomic mass is 10.3. The highest BCUT2D eigenvalue weighted by Gasteiger charge is 1.99. The number of hydrogen-bond donors (Lipinski definition) is 0. The third-order valence-corrected chi connectivity index (χ3v) is 2.56. The van der Waals surface area contributed by atoms with E-state index in [4.69, 9.17) is 0 Å². The lowest BCUT2D eigenvalue weighted by Gasteiger charge is -1.99. The SMILES string of the molecule is CC.Fc1ccc(-n2cc(C#Cc3ncccn3)cn2)cc1. The molecule has 0 saturated heterocycles. The zero-order chi connectivity index (χ0) is 15.8. The second kappa shape index (κ2) is 7.70. The summed E-state index contributed by atoms with van der Waals surface area (Å²) in [6.07, 6.45) is 6.68. The minimum Gasteiger partial charge on any atom is -0.240 e. The Balaban J connectivity index is 0.000000847. The Labute approximate surface area is 128 Å². The molecule has 0 aliphatic rings. The Morgan fingerprint density at radius 3 is 2.36 bits per heavy atom. The van der Waals surface area contributed by atoms with Crippen LogP contribution < -0.4 is 0 Å². The van der Waals surface area contributed by atoms with Crippen LogP contribution in [0, 0.1) is 17.7 Å². The molecule has 22 heavy (non-hydrogen) atoms. The summed E-state index contributed by atoms with van der Waals surface area (Å²) in [5.41, 5.74) is 1.51. The van der Waals surface area contributed by atoms with Crippen LogP contribution in [0.1, 0.15) is 25.2 Å². The molecule has 0 aliphatic heterocycles. The molecule has 0 aliphatic carbocycles. The monoisotopic (exact) mass is 294 g/mol. The van der Waals surface area contributed by atoms with Crippen LogP contribution in [-0.4, -0.2) is 19.7 Å². The molecule has 0 fully saturated rings. The van der Waals surface area contributed by atoms with E-state index in [1.165, 1.54) is 12.1 Å². The van der Waals surface area contributed by atoms with Gasteiger partial charge in [0.2, 0.25) is 5.82 Å². The van der Waals surface area contributed by atoms with E-state index in [0.29, 0.717) is 5.82 Å². The molecule has 3 rings (SSSR count). The van der Waals surface area contributed by atoms with Crippen molar-refractivity contribution in [3.05, 3.63) is 72.3 Å². The fourth-order valence-corrected chi connectivity index (χ4v) is 1.61. The van der Waals surface area contributed by atoms with E-state index < -0.39 is 0 Å². The lowest BCUT2D eigenvalue weighted by molar-refractivity contribution is 0.627. The number of aromatic nitrogens is 4. The third kappa shape index (κ3) is 4.00. The minimum absolute atomic E-state index is 0.276. The number of hydrogen-bond acceptors (Lipinski definition) is 3. The highest BCUT2D eigenvalue weighted by Crippen LogP contribution is 2.08. The first-order valence-electron chi connectivity index (χ1n) is 6.91. The van der Waals surface area contributed by atoms with Crippen LogP contribution in [0.4, 0.5) is 4.39 Å². The summed E-state index contributed by atoms with van der Waals surface area (Å²) in [6.45, 7) is 4.00. The highest BCUT2D eigenvalue weighted by molar-refractivity contribution is 5.38. The van der Waals surface area contributed by atoms with Crippen molar-refractivity contribution in [2.75, 3.05) is 0 Å². The minimum atomic E-state index is -0.276. The first kappa shape index (κ1) is 15.4. The van der Waals surface area contributed by atoms with Crippen LogP contribution in [-0.2, 0) is 0 Å². The quantitative estimate of drug-likeness (QED) is 0.647. The van der Waals surface area contributed by atoms with Crippen LogP contribution in [0.3, 0.4) is 0 Å². The van der Waals surface area contributed by atoms with Crippen molar-refractivity contribution in [3.8, 4) is 17.5 Å². The first-order valence-corrected chi connectivity index (χ1v) is 6.91. The van der Waals surface area contributed by atoms with Crippen molar-refractivity contribution in [1.82, 2.24) is 19.7 Å². The topological polar surface area (TPSA) is 43.6 Å². The van der Waals surface area contributed by atoms with E-state index in [1.807, 2.05) is 13.8 Å². The van der Waals surface area contributed by atoms with Gasteiger partial charge in [-0.3, -0.25) is 0 Å². The van der Waals surface area contributed by atoms with Crippen LogP contribution in [0.5, 0.6) is 0 Å². The van der Waals surface area contributed by atoms with Crippen molar-refractivity contribution >= 4 is 0 Å². The molecule has 0 unspecified atom stereocenters. The summed E-state index contributed by atoms with van der Waals surface area (Å²) < 4.78 is 14.5. The number of rotatable bonds is 1. The standard InChI is InChI=1S/C15H9FN4.C2H6/c16-13-3-5-14(6-4-13)20-11-12(10-19-20)2-7-15-17-8-1-9-18-15;1-2/h1,3-6,8-11H;1-2H3. The molecule has 0 atom stereocenters. The van der Waals surface area contributed by atoms with Gasteiger partial charge in [0.05, 0.1) is 17.4 Å². The van der Waals surface area contributed by atoms with Crippen molar-refractivity contribution in [3.63, 3.8) is 0 Å². The highest BCUT2D eigenvalue weighted by atomic mass is 19.1. The molecule has 4 nitrogen and oxygen atoms in total. The second-order valence-electron chi connectivity index (χ2n) is 3.97. The maximum absolute atomic E-state index is 12.9. The molecule has 2 heterocycles. The van der Waals surface area contributed by atoms with Gasteiger partial charge in [-0.1, -0.05) is 19.8 Å². The average Bonchev–Trinajstić information content (AvgIpc) is 3.05. The smallest absolute Gasteiger partial charge is 0.205 e. The average molecular weight is 294 g/mol. The van der Waals surface area contributed by atoms with Gasteiger partial charge in [-0.2, -0.15) is 5.10 Å². The molecule has 1 aromatic carbocycles. The van der Waals surface area contributed by atoms with Gasteiger partial charge >= 0.3 is 0 Å². The second-order valence-corrected chi connectivity index (χ2v) is 3.97. The van der Waals surface area contributed by atoms with E-state index in [0.717, 1.165) is 11.3 Å². The molecule has 110 valence electrons. The predicted octanol–water partition coefficient (Wildman–Crippen LogP) is 3.23. The van der Waals surface area contributed by atoms with Gasteiger partial charge in [-0.15, -0.1) is 0 Å². The summed E-state index contributed by atoms with van der Waals surface area (Å²) in [5.74, 6) is 5.96. The van der Waals surface area contributed by atoms with Gasteiger partial charge in [0.25, 0.3) is 0 Å². The molecule has 0 spiro atoms. The summed E-state index contributed by atoms with van der Waals surface area (Å²) in [4.78, 5) is 8.03. The molecular formula is C17H15FN4. The fraction of sp³-hybridized carbons (Fsp3) is 0.118. The maximum Gasteiger partial charge on any atom is 0.205 e. The Bertz CT molecular complexity index is 768. The predicted molar refractivity (Wildman–Crippen MR) is 82.9 cm³/mol.